The lowest BCUT2D eigenvalue weighted by molar-refractivity contribution is -0.386. The van der Waals surface area contributed by atoms with Gasteiger partial charge in [0.05, 0.1) is 59.4 Å². The molecule has 0 aromatic heterocycles. The number of aryl methyl sites for hydroxylation is 2. The number of carboxylic acids is 1. The van der Waals surface area contributed by atoms with Crippen molar-refractivity contribution in [1.82, 2.24) is 10.6 Å². The Morgan fingerprint density at radius 1 is 0.616 bits per heavy atom. The molecule has 0 spiro atoms. The standard InChI is InChI=1S/C24H23N3O9.C14H18N2O7.C10H7NO3/c1-14-10-19(27(32)33)16(12-20(14)34-3)13-35-24(31)25-15(2)11-23(30)36-18-6-4-17(5-7-18)26-21(28)8-9-22(26)29;1-8-4-11(16(20)21)10(6-12(8)22-3)7-23-14(19)15-9(2)5-13(17)18;12-8-3-1-7(2-4-8)11-9(13)5-6-10(11)14/h4-10,12,15H,11,13H2,1-3H3,(H,25,31);4,6,9H,5,7H2,1-3H3,(H,15,19)(H,17,18);1-6,12H. The van der Waals surface area contributed by atoms with Crippen molar-refractivity contribution in [2.75, 3.05) is 24.0 Å². The minimum Gasteiger partial charge on any atom is -0.508 e. The highest BCUT2D eigenvalue weighted by atomic mass is 16.6. The van der Waals surface area contributed by atoms with Crippen molar-refractivity contribution in [3.05, 3.63) is 140 Å². The van der Waals surface area contributed by atoms with Gasteiger partial charge in [0.2, 0.25) is 0 Å². The van der Waals surface area contributed by atoms with Gasteiger partial charge in [0.25, 0.3) is 35.0 Å². The summed E-state index contributed by atoms with van der Waals surface area (Å²) in [4.78, 5) is 116. The number of alkyl carbamates (subject to hydrolysis) is 2. The zero-order valence-corrected chi connectivity index (χ0v) is 39.8. The van der Waals surface area contributed by atoms with Crippen molar-refractivity contribution in [3.8, 4) is 23.0 Å². The van der Waals surface area contributed by atoms with E-state index >= 15 is 0 Å². The fraction of sp³-hybridized carbons (Fsp3) is 0.250. The Morgan fingerprint density at radius 2 is 0.986 bits per heavy atom. The first-order valence-corrected chi connectivity index (χ1v) is 21.5. The number of phenolic OH excluding ortho intramolecular Hbond substituents is 1. The van der Waals surface area contributed by atoms with Crippen LogP contribution in [-0.4, -0.2) is 94.1 Å². The predicted octanol–water partition coefficient (Wildman–Crippen LogP) is 5.77. The second-order valence-corrected chi connectivity index (χ2v) is 15.6. The molecule has 25 nitrogen and oxygen atoms in total. The molecular formula is C48H48N6O19. The molecule has 2 atom stereocenters. The van der Waals surface area contributed by atoms with Crippen LogP contribution in [0.1, 0.15) is 48.9 Å². The summed E-state index contributed by atoms with van der Waals surface area (Å²) in [5, 5.41) is 44.8. The molecule has 25 heteroatoms. The van der Waals surface area contributed by atoms with E-state index in [1.165, 1.54) is 106 Å². The summed E-state index contributed by atoms with van der Waals surface area (Å²) in [7, 11) is 2.85. The van der Waals surface area contributed by atoms with Gasteiger partial charge in [-0.1, -0.05) is 0 Å². The number of nitro groups is 2. The summed E-state index contributed by atoms with van der Waals surface area (Å²) < 4.78 is 25.5. The van der Waals surface area contributed by atoms with Gasteiger partial charge < -0.3 is 44.5 Å². The number of aliphatic carboxylic acids is 1. The van der Waals surface area contributed by atoms with Gasteiger partial charge in [-0.05, 0) is 99.5 Å². The number of aromatic hydroxyl groups is 1. The molecule has 6 rings (SSSR count). The number of rotatable bonds is 17. The Bertz CT molecular complexity index is 2810. The number of hydrogen-bond acceptors (Lipinski definition) is 18. The average Bonchev–Trinajstić information content (AvgIpc) is 3.85. The molecule has 2 unspecified atom stereocenters. The third-order valence-corrected chi connectivity index (χ3v) is 10.0. The van der Waals surface area contributed by atoms with Crippen LogP contribution in [0, 0.1) is 34.1 Å². The van der Waals surface area contributed by atoms with Gasteiger partial charge in [0.15, 0.2) is 0 Å². The van der Waals surface area contributed by atoms with E-state index in [9.17, 15) is 58.6 Å². The number of hydrogen-bond donors (Lipinski definition) is 4. The zero-order valence-electron chi connectivity index (χ0n) is 39.8. The SMILES string of the molecule is COc1cc(COC(=O)NC(C)CC(=O)O)c([N+](=O)[O-])cc1C.COc1cc(COC(=O)NC(C)CC(=O)Oc2ccc(N3C(=O)C=CC3=O)cc2)c([N+](=O)[O-])cc1C.O=C1C=CC(=O)N1c1ccc(O)cc1. The van der Waals surface area contributed by atoms with Crippen molar-refractivity contribution in [1.29, 1.82) is 0 Å². The molecule has 2 aliphatic rings. The lowest BCUT2D eigenvalue weighted by atomic mass is 10.1. The second-order valence-electron chi connectivity index (χ2n) is 15.6. The highest BCUT2D eigenvalue weighted by molar-refractivity contribution is 6.28. The maximum Gasteiger partial charge on any atom is 0.407 e. The zero-order chi connectivity index (χ0) is 54.1. The fourth-order valence-electron chi connectivity index (χ4n) is 6.57. The molecule has 4 N–H and O–H groups in total. The molecule has 384 valence electrons. The number of nitro benzene ring substituents is 2. The first-order valence-electron chi connectivity index (χ1n) is 21.5. The number of esters is 1. The van der Waals surface area contributed by atoms with Crippen molar-refractivity contribution in [2.24, 2.45) is 0 Å². The molecule has 0 saturated heterocycles. The van der Waals surface area contributed by atoms with Gasteiger partial charge in [-0.15, -0.1) is 0 Å². The average molecular weight is 1010 g/mol. The largest absolute Gasteiger partial charge is 0.508 e. The first kappa shape index (κ1) is 55.9. The number of nitrogens with zero attached hydrogens (tertiary/aromatic N) is 4. The number of carboxylic acid groups (broad SMARTS) is 1. The van der Waals surface area contributed by atoms with Crippen LogP contribution in [0.4, 0.5) is 32.3 Å². The summed E-state index contributed by atoms with van der Waals surface area (Å²) >= 11 is 0. The van der Waals surface area contributed by atoms with Crippen molar-refractivity contribution in [2.45, 2.75) is 65.8 Å². The van der Waals surface area contributed by atoms with E-state index < -0.39 is 57.9 Å². The highest BCUT2D eigenvalue weighted by Gasteiger charge is 2.27. The van der Waals surface area contributed by atoms with Gasteiger partial charge >= 0.3 is 24.1 Å². The normalized spacial score (nSPS) is 13.1. The summed E-state index contributed by atoms with van der Waals surface area (Å²) in [5.41, 5.74) is 1.88. The quantitative estimate of drug-likeness (QED) is 0.0320. The first-order chi connectivity index (χ1) is 34.5. The third kappa shape index (κ3) is 16.2. The molecule has 4 aromatic rings. The molecule has 0 aliphatic carbocycles. The Kier molecular flexibility index (Phi) is 19.8. The maximum atomic E-state index is 12.2. The van der Waals surface area contributed by atoms with E-state index in [1.54, 1.807) is 20.8 Å². The topological polar surface area (TPSA) is 340 Å². The van der Waals surface area contributed by atoms with Crippen LogP contribution in [0.2, 0.25) is 0 Å². The highest BCUT2D eigenvalue weighted by Crippen LogP contribution is 2.30. The third-order valence-electron chi connectivity index (χ3n) is 10.0. The van der Waals surface area contributed by atoms with Crippen LogP contribution < -0.4 is 34.6 Å². The summed E-state index contributed by atoms with van der Waals surface area (Å²) in [6.07, 6.45) is 2.58. The number of nitrogens with one attached hydrogen (secondary N) is 2. The number of benzene rings is 4. The Labute approximate surface area is 414 Å². The lowest BCUT2D eigenvalue weighted by Crippen LogP contribution is -2.35. The summed E-state index contributed by atoms with van der Waals surface area (Å²) in [6, 6.07) is 15.9. The van der Waals surface area contributed by atoms with E-state index in [0.717, 1.165) is 22.0 Å². The molecule has 2 heterocycles. The Hall–Kier alpha value is -9.68. The molecule has 0 radical (unpaired) electrons. The number of phenols is 1. The van der Waals surface area contributed by atoms with E-state index in [1.807, 2.05) is 0 Å². The van der Waals surface area contributed by atoms with E-state index in [-0.39, 0.29) is 71.9 Å². The van der Waals surface area contributed by atoms with Gasteiger partial charge in [-0.25, -0.2) is 19.4 Å². The van der Waals surface area contributed by atoms with Crippen LogP contribution in [0.25, 0.3) is 0 Å². The number of carbonyl (C=O) groups is 8. The minimum absolute atomic E-state index is 0.0980. The molecule has 6 amide bonds. The van der Waals surface area contributed by atoms with Crippen LogP contribution in [0.15, 0.2) is 97.1 Å². The molecule has 0 fully saturated rings. The number of imide groups is 2. The van der Waals surface area contributed by atoms with Crippen LogP contribution in [0.3, 0.4) is 0 Å². The second kappa shape index (κ2) is 25.8. The van der Waals surface area contributed by atoms with Crippen LogP contribution >= 0.6 is 0 Å². The number of anilines is 2. The van der Waals surface area contributed by atoms with Crippen LogP contribution in [0.5, 0.6) is 23.0 Å². The predicted molar refractivity (Wildman–Crippen MR) is 255 cm³/mol. The van der Waals surface area contributed by atoms with Gasteiger partial charge in [-0.2, -0.15) is 0 Å². The molecule has 73 heavy (non-hydrogen) atoms. The summed E-state index contributed by atoms with van der Waals surface area (Å²) in [6.45, 7) is 5.67. The van der Waals surface area contributed by atoms with E-state index in [2.05, 4.69) is 10.6 Å². The Morgan fingerprint density at radius 3 is 1.34 bits per heavy atom. The molecule has 0 saturated carbocycles. The van der Waals surface area contributed by atoms with Crippen molar-refractivity contribution >= 4 is 70.5 Å². The van der Waals surface area contributed by atoms with Gasteiger partial charge in [0.1, 0.15) is 36.2 Å². The number of amides is 6. The van der Waals surface area contributed by atoms with E-state index in [0.29, 0.717) is 34.0 Å². The number of methoxy groups -OCH3 is 2. The number of carbonyl (C=O) groups excluding carboxylic acids is 7. The fourth-order valence-corrected chi connectivity index (χ4v) is 6.57. The van der Waals surface area contributed by atoms with Crippen molar-refractivity contribution < 1.29 is 82.1 Å². The molecular weight excluding hydrogens is 965 g/mol. The van der Waals surface area contributed by atoms with Gasteiger partial charge in [0, 0.05) is 48.5 Å². The maximum absolute atomic E-state index is 12.2. The minimum atomic E-state index is -1.06. The molecule has 2 aliphatic heterocycles. The molecule has 4 aromatic carbocycles. The lowest BCUT2D eigenvalue weighted by Gasteiger charge is -2.15. The Balaban J connectivity index is 0.000000265. The van der Waals surface area contributed by atoms with Crippen LogP contribution in [-0.2, 0) is 51.5 Å². The monoisotopic (exact) mass is 1010 g/mol. The van der Waals surface area contributed by atoms with E-state index in [4.69, 9.17) is 33.9 Å². The smallest absolute Gasteiger partial charge is 0.407 e. The number of ether oxygens (including phenoxy) is 5. The summed E-state index contributed by atoms with van der Waals surface area (Å²) in [5.74, 6) is -2.22. The van der Waals surface area contributed by atoms with Gasteiger partial charge in [-0.3, -0.25) is 49.0 Å². The molecule has 0 bridgehead atoms. The van der Waals surface area contributed by atoms with Crippen molar-refractivity contribution in [3.63, 3.8) is 0 Å².